The molecule has 0 saturated carbocycles. The maximum atomic E-state index is 12.3. The molecule has 106 valence electrons. The third-order valence-corrected chi connectivity index (χ3v) is 3.51. The minimum atomic E-state index is 0.0138. The number of nitrogens with one attached hydrogen (secondary N) is 1. The molecular formula is C16H26N2O. The Morgan fingerprint density at radius 3 is 2.63 bits per heavy atom. The van der Waals surface area contributed by atoms with Crippen LogP contribution in [0.25, 0.3) is 0 Å². The quantitative estimate of drug-likeness (QED) is 0.794. The first-order valence-corrected chi connectivity index (χ1v) is 7.17. The Balaban J connectivity index is 2.67. The fourth-order valence-electron chi connectivity index (χ4n) is 2.25. The molecule has 3 nitrogen and oxygen atoms in total. The van der Waals surface area contributed by atoms with Crippen molar-refractivity contribution in [3.63, 3.8) is 0 Å². The maximum absolute atomic E-state index is 12.3. The van der Waals surface area contributed by atoms with E-state index < -0.39 is 0 Å². The lowest BCUT2D eigenvalue weighted by atomic mass is 9.99. The molecule has 0 heterocycles. The molecule has 2 unspecified atom stereocenters. The number of benzene rings is 1. The second-order valence-corrected chi connectivity index (χ2v) is 5.32. The van der Waals surface area contributed by atoms with E-state index in [0.717, 1.165) is 30.4 Å². The van der Waals surface area contributed by atoms with Gasteiger partial charge in [0.2, 0.25) is 0 Å². The average molecular weight is 262 g/mol. The third-order valence-electron chi connectivity index (χ3n) is 3.51. The van der Waals surface area contributed by atoms with Gasteiger partial charge in [0.15, 0.2) is 0 Å². The Bertz CT molecular complexity index is 403. The molecule has 19 heavy (non-hydrogen) atoms. The summed E-state index contributed by atoms with van der Waals surface area (Å²) in [6.07, 6.45) is 2.90. The van der Waals surface area contributed by atoms with Gasteiger partial charge in [-0.3, -0.25) is 4.79 Å². The summed E-state index contributed by atoms with van der Waals surface area (Å²) >= 11 is 0. The SMILES string of the molecule is CCC(C)CC(C)NC(=O)c1ccccc1CCN. The molecule has 3 N–H and O–H groups in total. The Kier molecular flexibility index (Phi) is 6.57. The van der Waals surface area contributed by atoms with E-state index >= 15 is 0 Å². The molecular weight excluding hydrogens is 236 g/mol. The van der Waals surface area contributed by atoms with Crippen molar-refractivity contribution in [3.05, 3.63) is 35.4 Å². The Morgan fingerprint density at radius 1 is 1.32 bits per heavy atom. The summed E-state index contributed by atoms with van der Waals surface area (Å²) in [6, 6.07) is 7.89. The van der Waals surface area contributed by atoms with Crippen molar-refractivity contribution in [3.8, 4) is 0 Å². The predicted molar refractivity (Wildman–Crippen MR) is 80.2 cm³/mol. The van der Waals surface area contributed by atoms with Crippen LogP contribution in [0, 0.1) is 5.92 Å². The predicted octanol–water partition coefficient (Wildman–Crippen LogP) is 2.74. The minimum Gasteiger partial charge on any atom is -0.350 e. The summed E-state index contributed by atoms with van der Waals surface area (Å²) in [6.45, 7) is 7.02. The van der Waals surface area contributed by atoms with Crippen molar-refractivity contribution in [2.24, 2.45) is 11.7 Å². The lowest BCUT2D eigenvalue weighted by molar-refractivity contribution is 0.0934. The monoisotopic (exact) mass is 262 g/mol. The second kappa shape index (κ2) is 7.95. The summed E-state index contributed by atoms with van der Waals surface area (Å²) in [7, 11) is 0. The van der Waals surface area contributed by atoms with Crippen LogP contribution in [0.5, 0.6) is 0 Å². The van der Waals surface area contributed by atoms with Crippen molar-refractivity contribution in [2.45, 2.75) is 46.1 Å². The average Bonchev–Trinajstić information content (AvgIpc) is 2.39. The molecule has 0 spiro atoms. The van der Waals surface area contributed by atoms with Crippen LogP contribution in [0.1, 0.15) is 49.5 Å². The van der Waals surface area contributed by atoms with Crippen molar-refractivity contribution < 1.29 is 4.79 Å². The van der Waals surface area contributed by atoms with Crippen LogP contribution in [0.15, 0.2) is 24.3 Å². The minimum absolute atomic E-state index is 0.0138. The Labute approximate surface area is 116 Å². The number of nitrogens with two attached hydrogens (primary N) is 1. The van der Waals surface area contributed by atoms with Crippen LogP contribution < -0.4 is 11.1 Å². The number of carbonyl (C=O) groups is 1. The number of hydrogen-bond donors (Lipinski definition) is 2. The summed E-state index contributed by atoms with van der Waals surface area (Å²) in [4.78, 5) is 12.3. The van der Waals surface area contributed by atoms with Crippen molar-refractivity contribution in [2.75, 3.05) is 6.54 Å². The number of carbonyl (C=O) groups excluding carboxylic acids is 1. The van der Waals surface area contributed by atoms with Gasteiger partial charge in [-0.1, -0.05) is 38.5 Å². The zero-order valence-electron chi connectivity index (χ0n) is 12.3. The molecule has 0 saturated heterocycles. The lowest BCUT2D eigenvalue weighted by Crippen LogP contribution is -2.34. The van der Waals surface area contributed by atoms with Gasteiger partial charge in [0.25, 0.3) is 5.91 Å². The van der Waals surface area contributed by atoms with Crippen LogP contribution in [0.4, 0.5) is 0 Å². The first-order valence-electron chi connectivity index (χ1n) is 7.17. The Hall–Kier alpha value is -1.35. The molecule has 3 heteroatoms. The second-order valence-electron chi connectivity index (χ2n) is 5.32. The summed E-state index contributed by atoms with van der Waals surface area (Å²) in [5, 5.41) is 3.08. The first-order chi connectivity index (χ1) is 9.08. The highest BCUT2D eigenvalue weighted by Gasteiger charge is 2.14. The fourth-order valence-corrected chi connectivity index (χ4v) is 2.25. The number of hydrogen-bond acceptors (Lipinski definition) is 2. The molecule has 1 aromatic carbocycles. The molecule has 0 radical (unpaired) electrons. The van der Waals surface area contributed by atoms with Gasteiger partial charge in [-0.05, 0) is 43.9 Å². The molecule has 0 aliphatic rings. The van der Waals surface area contributed by atoms with Gasteiger partial charge in [0.05, 0.1) is 0 Å². The van der Waals surface area contributed by atoms with Gasteiger partial charge in [-0.25, -0.2) is 0 Å². The molecule has 1 rings (SSSR count). The van der Waals surface area contributed by atoms with Gasteiger partial charge < -0.3 is 11.1 Å². The molecule has 1 amide bonds. The van der Waals surface area contributed by atoms with Gasteiger partial charge in [0.1, 0.15) is 0 Å². The van der Waals surface area contributed by atoms with E-state index in [9.17, 15) is 4.79 Å². The van der Waals surface area contributed by atoms with E-state index in [-0.39, 0.29) is 11.9 Å². The van der Waals surface area contributed by atoms with Crippen molar-refractivity contribution in [1.29, 1.82) is 0 Å². The summed E-state index contributed by atoms with van der Waals surface area (Å²) in [5.74, 6) is 0.648. The van der Waals surface area contributed by atoms with E-state index in [1.165, 1.54) is 0 Å². The topological polar surface area (TPSA) is 55.1 Å². The van der Waals surface area contributed by atoms with Gasteiger partial charge in [-0.15, -0.1) is 0 Å². The van der Waals surface area contributed by atoms with Crippen molar-refractivity contribution in [1.82, 2.24) is 5.32 Å². The standard InChI is InChI=1S/C16H26N2O/c1-4-12(2)11-13(3)18-16(19)15-8-6-5-7-14(15)9-10-17/h5-8,12-13H,4,9-11,17H2,1-3H3,(H,18,19). The third kappa shape index (κ3) is 5.03. The van der Waals surface area contributed by atoms with E-state index in [0.29, 0.717) is 12.5 Å². The fraction of sp³-hybridized carbons (Fsp3) is 0.562. The van der Waals surface area contributed by atoms with Gasteiger partial charge in [-0.2, -0.15) is 0 Å². The smallest absolute Gasteiger partial charge is 0.251 e. The lowest BCUT2D eigenvalue weighted by Gasteiger charge is -2.18. The first kappa shape index (κ1) is 15.7. The maximum Gasteiger partial charge on any atom is 0.251 e. The Morgan fingerprint density at radius 2 is 2.00 bits per heavy atom. The van der Waals surface area contributed by atoms with Crippen LogP contribution in [0.2, 0.25) is 0 Å². The van der Waals surface area contributed by atoms with E-state index in [2.05, 4.69) is 26.1 Å². The normalized spacial score (nSPS) is 13.9. The van der Waals surface area contributed by atoms with E-state index in [1.807, 2.05) is 24.3 Å². The zero-order chi connectivity index (χ0) is 14.3. The molecule has 2 atom stereocenters. The largest absolute Gasteiger partial charge is 0.350 e. The highest BCUT2D eigenvalue weighted by atomic mass is 16.1. The van der Waals surface area contributed by atoms with Crippen LogP contribution in [-0.4, -0.2) is 18.5 Å². The highest BCUT2D eigenvalue weighted by Crippen LogP contribution is 2.12. The van der Waals surface area contributed by atoms with Crippen LogP contribution in [0.3, 0.4) is 0 Å². The molecule has 1 aromatic rings. The van der Waals surface area contributed by atoms with Gasteiger partial charge >= 0.3 is 0 Å². The summed E-state index contributed by atoms with van der Waals surface area (Å²) in [5.41, 5.74) is 7.36. The van der Waals surface area contributed by atoms with Crippen LogP contribution >= 0.6 is 0 Å². The highest BCUT2D eigenvalue weighted by molar-refractivity contribution is 5.95. The number of rotatable bonds is 7. The molecule has 0 bridgehead atoms. The zero-order valence-corrected chi connectivity index (χ0v) is 12.3. The van der Waals surface area contributed by atoms with Gasteiger partial charge in [0, 0.05) is 11.6 Å². The molecule has 0 aromatic heterocycles. The van der Waals surface area contributed by atoms with E-state index in [1.54, 1.807) is 0 Å². The molecule has 0 aliphatic carbocycles. The van der Waals surface area contributed by atoms with Crippen LogP contribution in [-0.2, 0) is 6.42 Å². The number of amides is 1. The van der Waals surface area contributed by atoms with E-state index in [4.69, 9.17) is 5.73 Å². The summed E-state index contributed by atoms with van der Waals surface area (Å²) < 4.78 is 0. The molecule has 0 aliphatic heterocycles. The molecule has 0 fully saturated rings. The van der Waals surface area contributed by atoms with Crippen molar-refractivity contribution >= 4 is 5.91 Å².